The number of carbonyl (C=O) groups is 5. The van der Waals surface area contributed by atoms with Gasteiger partial charge in [-0.05, 0) is 84.6 Å². The van der Waals surface area contributed by atoms with Crippen molar-refractivity contribution in [2.75, 3.05) is 13.2 Å². The molecule has 64 heavy (non-hydrogen) atoms. The molecule has 4 aromatic rings. The van der Waals surface area contributed by atoms with Crippen LogP contribution in [-0.4, -0.2) is 86.1 Å². The van der Waals surface area contributed by atoms with Gasteiger partial charge in [-0.25, -0.2) is 0 Å². The predicted octanol–water partition coefficient (Wildman–Crippen LogP) is 6.20. The van der Waals surface area contributed by atoms with E-state index in [2.05, 4.69) is 61.0 Å². The Balaban J connectivity index is 1.17. The van der Waals surface area contributed by atoms with Crippen molar-refractivity contribution < 1.29 is 33.1 Å². The van der Waals surface area contributed by atoms with Gasteiger partial charge in [0.05, 0.1) is 6.61 Å². The lowest BCUT2D eigenvalue weighted by Crippen LogP contribution is -2.68. The van der Waals surface area contributed by atoms with Crippen LogP contribution in [0.25, 0.3) is 0 Å². The predicted molar refractivity (Wildman–Crippen MR) is 253 cm³/mol. The van der Waals surface area contributed by atoms with Crippen LogP contribution >= 0.6 is 0 Å². The molecule has 6 rings (SSSR count). The highest BCUT2D eigenvalue weighted by Crippen LogP contribution is 2.38. The largest absolute Gasteiger partial charge is 0.494 e. The molecule has 0 unspecified atom stereocenters. The normalized spacial score (nSPS) is 20.4. The van der Waals surface area contributed by atoms with Gasteiger partial charge < -0.3 is 30.0 Å². The molecule has 2 heterocycles. The summed E-state index contributed by atoms with van der Waals surface area (Å²) in [5.74, 6) is -0.959. The second-order valence-corrected chi connectivity index (χ2v) is 22.4. The third kappa shape index (κ3) is 11.9. The molecule has 0 radical (unpaired) electrons. The molecular weight excluding hydrogens is 821 g/mol. The van der Waals surface area contributed by atoms with E-state index in [1.54, 1.807) is 4.90 Å². The number of ketones is 1. The summed E-state index contributed by atoms with van der Waals surface area (Å²) >= 11 is 0. The molecule has 0 aromatic heterocycles. The fourth-order valence-electron chi connectivity index (χ4n) is 9.18. The minimum atomic E-state index is -2.93. The standard InChI is InChI=1S/C52H66N4O7Si/c1-6-62-40-32-30-39(31-33-40)35-44-49(59)55-45(36-38-21-11-7-12-22-38)51(61)56-34-20-19-28-46(56)50(60)53-43(48(58)54-44)27-17-10-18-29-47(57)37(2)63-64(52(3,4)5,41-23-13-8-14-24-41)42-25-15-9-16-26-42/h7-9,11-16,21-26,30-33,37,43-46H,6,10,17-20,27-29,34-36H2,1-5H3,(H,53,60)(H,54,58)(H,55,59)/t37-,43+,44+,45+,46-/m1/s1. The monoisotopic (exact) mass is 886 g/mol. The number of Topliss-reactive ketones (excluding diaryl/α,β-unsaturated/α-hetero) is 1. The number of unbranched alkanes of at least 4 members (excludes halogenated alkanes) is 2. The van der Waals surface area contributed by atoms with E-state index in [4.69, 9.17) is 9.16 Å². The van der Waals surface area contributed by atoms with Crippen molar-refractivity contribution in [3.8, 4) is 5.75 Å². The van der Waals surface area contributed by atoms with E-state index in [0.717, 1.165) is 34.3 Å². The second kappa shape index (κ2) is 22.3. The molecule has 3 N–H and O–H groups in total. The zero-order valence-electron chi connectivity index (χ0n) is 38.1. The van der Waals surface area contributed by atoms with Gasteiger partial charge >= 0.3 is 0 Å². The summed E-state index contributed by atoms with van der Waals surface area (Å²) in [6.45, 7) is 11.2. The van der Waals surface area contributed by atoms with E-state index in [1.807, 2.05) is 105 Å². The van der Waals surface area contributed by atoms with Crippen molar-refractivity contribution in [3.05, 3.63) is 126 Å². The molecule has 0 saturated carbocycles. The first-order valence-electron chi connectivity index (χ1n) is 23.1. The summed E-state index contributed by atoms with van der Waals surface area (Å²) in [6, 6.07) is 33.6. The molecule has 4 amide bonds. The second-order valence-electron chi connectivity index (χ2n) is 18.2. The summed E-state index contributed by atoms with van der Waals surface area (Å²) < 4.78 is 12.7. The third-order valence-electron chi connectivity index (χ3n) is 12.6. The van der Waals surface area contributed by atoms with Crippen LogP contribution in [0.3, 0.4) is 0 Å². The van der Waals surface area contributed by atoms with Gasteiger partial charge in [-0.1, -0.05) is 137 Å². The number of hydrogen-bond acceptors (Lipinski definition) is 7. The number of benzene rings is 4. The lowest BCUT2D eigenvalue weighted by atomic mass is 9.96. The van der Waals surface area contributed by atoms with Crippen LogP contribution in [0, 0.1) is 0 Å². The molecule has 2 fully saturated rings. The molecule has 0 spiro atoms. The third-order valence-corrected chi connectivity index (χ3v) is 17.7. The van der Waals surface area contributed by atoms with Crippen LogP contribution in [0.2, 0.25) is 5.04 Å². The number of nitrogens with zero attached hydrogens (tertiary/aromatic N) is 1. The van der Waals surface area contributed by atoms with Crippen molar-refractivity contribution >= 4 is 48.1 Å². The van der Waals surface area contributed by atoms with Crippen LogP contribution in [-0.2, 0) is 41.2 Å². The van der Waals surface area contributed by atoms with Gasteiger partial charge in [0.2, 0.25) is 23.6 Å². The Kier molecular flexibility index (Phi) is 16.7. The van der Waals surface area contributed by atoms with Crippen LogP contribution < -0.4 is 31.1 Å². The number of amides is 4. The first-order chi connectivity index (χ1) is 30.8. The zero-order chi connectivity index (χ0) is 45.7. The van der Waals surface area contributed by atoms with E-state index in [-0.39, 0.29) is 41.9 Å². The van der Waals surface area contributed by atoms with E-state index in [0.29, 0.717) is 51.0 Å². The number of rotatable bonds is 17. The van der Waals surface area contributed by atoms with Gasteiger partial charge in [-0.3, -0.25) is 24.0 Å². The Bertz CT molecular complexity index is 2130. The topological polar surface area (TPSA) is 143 Å². The van der Waals surface area contributed by atoms with Crippen molar-refractivity contribution in [1.82, 2.24) is 20.9 Å². The summed E-state index contributed by atoms with van der Waals surface area (Å²) in [5.41, 5.74) is 1.65. The summed E-state index contributed by atoms with van der Waals surface area (Å²) in [4.78, 5) is 72.6. The van der Waals surface area contributed by atoms with Gasteiger partial charge in [-0.15, -0.1) is 0 Å². The molecule has 4 aromatic carbocycles. The molecule has 12 heteroatoms. The van der Waals surface area contributed by atoms with Gasteiger partial charge in [0.1, 0.15) is 36.0 Å². The minimum absolute atomic E-state index is 0.0146. The molecule has 0 aliphatic carbocycles. The Morgan fingerprint density at radius 3 is 1.84 bits per heavy atom. The first kappa shape index (κ1) is 47.9. The Labute approximate surface area is 380 Å². The SMILES string of the molecule is CCOc1ccc(C[C@@H]2NC(=O)[C@H](CCCCCC(=O)[C@@H](C)O[Si](c3ccccc3)(c3ccccc3)C(C)(C)C)NC(=O)[C@H]3CCCCN3C(=O)[C@H](Cc3ccccc3)NC2=O)cc1. The number of carbonyl (C=O) groups excluding carboxylic acids is 5. The number of ether oxygens (including phenoxy) is 1. The van der Waals surface area contributed by atoms with Gasteiger partial charge in [-0.2, -0.15) is 0 Å². The van der Waals surface area contributed by atoms with E-state index in [9.17, 15) is 24.0 Å². The maximum atomic E-state index is 14.4. The molecule has 11 nitrogen and oxygen atoms in total. The van der Waals surface area contributed by atoms with E-state index < -0.39 is 50.4 Å². The molecular formula is C52H66N4O7Si. The highest BCUT2D eigenvalue weighted by Gasteiger charge is 2.51. The fraction of sp³-hybridized carbons (Fsp3) is 0.442. The van der Waals surface area contributed by atoms with Crippen LogP contribution in [0.4, 0.5) is 0 Å². The highest BCUT2D eigenvalue weighted by molar-refractivity contribution is 6.99. The first-order valence-corrected chi connectivity index (χ1v) is 25.0. The Morgan fingerprint density at radius 1 is 0.688 bits per heavy atom. The molecule has 5 atom stereocenters. The fourth-order valence-corrected chi connectivity index (χ4v) is 13.9. The van der Waals surface area contributed by atoms with Crippen molar-refractivity contribution in [2.45, 2.75) is 134 Å². The van der Waals surface area contributed by atoms with Gasteiger partial charge in [0.25, 0.3) is 8.32 Å². The van der Waals surface area contributed by atoms with Crippen molar-refractivity contribution in [3.63, 3.8) is 0 Å². The van der Waals surface area contributed by atoms with Crippen LogP contribution in [0.15, 0.2) is 115 Å². The highest BCUT2D eigenvalue weighted by atomic mass is 28.4. The maximum absolute atomic E-state index is 14.4. The van der Waals surface area contributed by atoms with E-state index in [1.165, 1.54) is 0 Å². The lowest BCUT2D eigenvalue weighted by Gasteiger charge is -2.44. The Morgan fingerprint density at radius 2 is 1.23 bits per heavy atom. The minimum Gasteiger partial charge on any atom is -0.494 e. The number of piperidine rings is 1. The lowest BCUT2D eigenvalue weighted by molar-refractivity contribution is -0.146. The van der Waals surface area contributed by atoms with E-state index >= 15 is 0 Å². The molecule has 340 valence electrons. The van der Waals surface area contributed by atoms with Crippen molar-refractivity contribution in [1.29, 1.82) is 0 Å². The molecule has 2 aliphatic heterocycles. The smallest absolute Gasteiger partial charge is 0.262 e. The molecule has 2 saturated heterocycles. The quantitative estimate of drug-likeness (QED) is 0.0847. The Hall–Kier alpha value is -5.59. The van der Waals surface area contributed by atoms with Crippen LogP contribution in [0.5, 0.6) is 5.75 Å². The summed E-state index contributed by atoms with van der Waals surface area (Å²) in [5, 5.41) is 10.9. The van der Waals surface area contributed by atoms with Gasteiger partial charge in [0, 0.05) is 25.8 Å². The summed E-state index contributed by atoms with van der Waals surface area (Å²) in [6.07, 6.45) is 4.01. The summed E-state index contributed by atoms with van der Waals surface area (Å²) in [7, 11) is -2.93. The zero-order valence-corrected chi connectivity index (χ0v) is 39.1. The molecule has 0 bridgehead atoms. The maximum Gasteiger partial charge on any atom is 0.262 e. The number of hydrogen-bond donors (Lipinski definition) is 3. The van der Waals surface area contributed by atoms with Crippen LogP contribution in [0.1, 0.15) is 97.1 Å². The average Bonchev–Trinajstić information content (AvgIpc) is 3.30. The average molecular weight is 887 g/mol. The van der Waals surface area contributed by atoms with Gasteiger partial charge in [0.15, 0.2) is 5.78 Å². The number of fused-ring (bicyclic) bond motifs is 1. The van der Waals surface area contributed by atoms with Crippen molar-refractivity contribution in [2.24, 2.45) is 0 Å². The molecule has 2 aliphatic rings. The number of nitrogens with one attached hydrogen (secondary N) is 3.